The molecule has 0 saturated carbocycles. The minimum atomic E-state index is -3.79. The van der Waals surface area contributed by atoms with Crippen LogP contribution in [-0.4, -0.2) is 21.0 Å². The largest absolute Gasteiger partial charge is 0.462 e. The molecule has 1 aliphatic rings. The molecule has 1 aromatic heterocycles. The third-order valence-electron chi connectivity index (χ3n) is 4.28. The molecule has 4 nitrogen and oxygen atoms in total. The van der Waals surface area contributed by atoms with Crippen molar-refractivity contribution in [2.24, 2.45) is 0 Å². The molecule has 2 heterocycles. The van der Waals surface area contributed by atoms with Gasteiger partial charge in [-0.05, 0) is 41.3 Å². The van der Waals surface area contributed by atoms with Gasteiger partial charge in [0.15, 0.2) is 4.91 Å². The summed E-state index contributed by atoms with van der Waals surface area (Å²) in [5.74, 6) is -0.726. The number of rotatable bonds is 10. The van der Waals surface area contributed by atoms with E-state index >= 15 is 0 Å². The summed E-state index contributed by atoms with van der Waals surface area (Å²) in [4.78, 5) is 13.1. The zero-order valence-electron chi connectivity index (χ0n) is 14.8. The number of halogens is 1. The van der Waals surface area contributed by atoms with Crippen LogP contribution in [0, 0.1) is 0 Å². The van der Waals surface area contributed by atoms with E-state index < -0.39 is 15.8 Å². The highest BCUT2D eigenvalue weighted by Crippen LogP contribution is 2.48. The maximum Gasteiger partial charge on any atom is 0.350 e. The average Bonchev–Trinajstić information content (AvgIpc) is 3.04. The number of thiophene rings is 1. The van der Waals surface area contributed by atoms with Gasteiger partial charge >= 0.3 is 5.97 Å². The Morgan fingerprint density at radius 1 is 1.12 bits per heavy atom. The second-order valence-electron chi connectivity index (χ2n) is 6.14. The van der Waals surface area contributed by atoms with Crippen LogP contribution in [-0.2, 0) is 19.4 Å². The first kappa shape index (κ1) is 20.6. The lowest BCUT2D eigenvalue weighted by molar-refractivity contribution is -0.137. The number of hydrogen-bond acceptors (Lipinski definition) is 5. The minimum Gasteiger partial charge on any atom is -0.462 e. The van der Waals surface area contributed by atoms with Gasteiger partial charge in [-0.15, -0.1) is 11.3 Å². The normalized spacial score (nSPS) is 15.5. The number of fused-ring (bicyclic) bond motifs is 1. The molecular weight excluding hydrogens is 424 g/mol. The molecule has 0 unspecified atom stereocenters. The SMILES string of the molecule is CCCCCCCCCC1=C(C(=O)OCC)S(=O)(=O)c2c(Br)csc21. The van der Waals surface area contributed by atoms with Crippen molar-refractivity contribution in [3.8, 4) is 0 Å². The van der Waals surface area contributed by atoms with Gasteiger partial charge in [0.2, 0.25) is 9.84 Å². The van der Waals surface area contributed by atoms with E-state index in [1.165, 1.54) is 37.0 Å². The second-order valence-corrected chi connectivity index (χ2v) is 9.70. The minimum absolute atomic E-state index is 0.150. The first-order valence-electron chi connectivity index (χ1n) is 8.87. The fourth-order valence-corrected chi connectivity index (χ4v) is 7.53. The van der Waals surface area contributed by atoms with Crippen molar-refractivity contribution in [2.75, 3.05) is 6.61 Å². The van der Waals surface area contributed by atoms with Crippen LogP contribution in [0.3, 0.4) is 0 Å². The van der Waals surface area contributed by atoms with E-state index in [4.69, 9.17) is 4.74 Å². The Hall–Kier alpha value is -0.660. The van der Waals surface area contributed by atoms with E-state index in [0.29, 0.717) is 21.3 Å². The van der Waals surface area contributed by atoms with Gasteiger partial charge in [-0.2, -0.15) is 0 Å². The molecule has 0 fully saturated rings. The van der Waals surface area contributed by atoms with Crippen molar-refractivity contribution in [3.05, 3.63) is 19.6 Å². The fourth-order valence-electron chi connectivity index (χ4n) is 3.07. The molecule has 25 heavy (non-hydrogen) atoms. The molecule has 0 saturated heterocycles. The maximum absolute atomic E-state index is 12.8. The predicted octanol–water partition coefficient (Wildman–Crippen LogP) is 5.71. The van der Waals surface area contributed by atoms with E-state index in [0.717, 1.165) is 19.3 Å². The van der Waals surface area contributed by atoms with E-state index in [2.05, 4.69) is 22.9 Å². The molecule has 0 atom stereocenters. The number of hydrogen-bond donors (Lipinski definition) is 0. The Bertz CT molecular complexity index is 747. The van der Waals surface area contributed by atoms with Crippen LogP contribution < -0.4 is 0 Å². The van der Waals surface area contributed by atoms with Crippen LogP contribution in [0.5, 0.6) is 0 Å². The molecule has 0 spiro atoms. The van der Waals surface area contributed by atoms with Gasteiger partial charge in [0, 0.05) is 9.85 Å². The lowest BCUT2D eigenvalue weighted by Crippen LogP contribution is -2.15. The molecule has 0 aliphatic carbocycles. The van der Waals surface area contributed by atoms with Crippen LogP contribution in [0.4, 0.5) is 0 Å². The van der Waals surface area contributed by atoms with Gasteiger partial charge < -0.3 is 4.74 Å². The summed E-state index contributed by atoms with van der Waals surface area (Å²) in [7, 11) is -3.79. The summed E-state index contributed by atoms with van der Waals surface area (Å²) in [5.41, 5.74) is 0.637. The fraction of sp³-hybridized carbons (Fsp3) is 0.611. The molecule has 2 rings (SSSR count). The van der Waals surface area contributed by atoms with E-state index in [1.54, 1.807) is 12.3 Å². The first-order chi connectivity index (χ1) is 11.9. The zero-order chi connectivity index (χ0) is 18.4. The van der Waals surface area contributed by atoms with Gasteiger partial charge in [0.25, 0.3) is 0 Å². The van der Waals surface area contributed by atoms with Crippen LogP contribution in [0.15, 0.2) is 19.7 Å². The zero-order valence-corrected chi connectivity index (χ0v) is 18.0. The van der Waals surface area contributed by atoms with Crippen LogP contribution in [0.2, 0.25) is 0 Å². The lowest BCUT2D eigenvalue weighted by atomic mass is 10.0. The molecule has 0 amide bonds. The molecule has 1 aromatic rings. The highest BCUT2D eigenvalue weighted by atomic mass is 79.9. The third-order valence-corrected chi connectivity index (χ3v) is 8.55. The standard InChI is InChI=1S/C18H25BrO4S2/c1-3-5-6-7-8-9-10-11-13-15-17(14(19)12-24-15)25(21,22)16(13)18(20)23-4-2/h12H,3-11H2,1-2H3. The summed E-state index contributed by atoms with van der Waals surface area (Å²) >= 11 is 4.68. The smallest absolute Gasteiger partial charge is 0.350 e. The van der Waals surface area contributed by atoms with Crippen molar-refractivity contribution in [2.45, 2.75) is 70.1 Å². The van der Waals surface area contributed by atoms with Crippen molar-refractivity contribution in [1.82, 2.24) is 0 Å². The summed E-state index contributed by atoms with van der Waals surface area (Å²) in [6.45, 7) is 4.04. The lowest BCUT2D eigenvalue weighted by Gasteiger charge is -2.07. The van der Waals surface area contributed by atoms with Gasteiger partial charge in [-0.25, -0.2) is 13.2 Å². The van der Waals surface area contributed by atoms with E-state index in [-0.39, 0.29) is 16.4 Å². The Labute approximate surface area is 162 Å². The predicted molar refractivity (Wildman–Crippen MR) is 105 cm³/mol. The quantitative estimate of drug-likeness (QED) is 0.339. The number of allylic oxidation sites excluding steroid dienone is 1. The molecule has 0 bridgehead atoms. The number of unbranched alkanes of at least 4 members (excludes halogenated alkanes) is 6. The molecule has 0 aromatic carbocycles. The molecular formula is C18H25BrO4S2. The maximum atomic E-state index is 12.8. The summed E-state index contributed by atoms with van der Waals surface area (Å²) in [6, 6.07) is 0. The summed E-state index contributed by atoms with van der Waals surface area (Å²) in [6.07, 6.45) is 8.64. The number of esters is 1. The molecule has 0 N–H and O–H groups in total. The Kier molecular flexibility index (Phi) is 7.70. The van der Waals surface area contributed by atoms with Crippen molar-refractivity contribution in [1.29, 1.82) is 0 Å². The number of ether oxygens (including phenoxy) is 1. The molecule has 0 radical (unpaired) electrons. The monoisotopic (exact) mass is 448 g/mol. The summed E-state index contributed by atoms with van der Waals surface area (Å²) in [5, 5.41) is 1.77. The van der Waals surface area contributed by atoms with Gasteiger partial charge in [0.1, 0.15) is 4.90 Å². The summed E-state index contributed by atoms with van der Waals surface area (Å²) < 4.78 is 31.2. The van der Waals surface area contributed by atoms with Crippen LogP contribution in [0.25, 0.3) is 5.57 Å². The Morgan fingerprint density at radius 3 is 2.40 bits per heavy atom. The van der Waals surface area contributed by atoms with E-state index in [1.807, 2.05) is 0 Å². The highest BCUT2D eigenvalue weighted by molar-refractivity contribution is 9.10. The second kappa shape index (κ2) is 9.33. The van der Waals surface area contributed by atoms with Crippen molar-refractivity contribution >= 4 is 48.6 Å². The molecule has 1 aliphatic heterocycles. The van der Waals surface area contributed by atoms with E-state index in [9.17, 15) is 13.2 Å². The average molecular weight is 449 g/mol. The highest BCUT2D eigenvalue weighted by Gasteiger charge is 2.42. The number of carbonyl (C=O) groups excluding carboxylic acids is 1. The Balaban J connectivity index is 2.15. The van der Waals surface area contributed by atoms with Gasteiger partial charge in [-0.1, -0.05) is 45.4 Å². The van der Waals surface area contributed by atoms with Crippen molar-refractivity contribution < 1.29 is 17.9 Å². The number of sulfone groups is 1. The Morgan fingerprint density at radius 2 is 1.76 bits per heavy atom. The topological polar surface area (TPSA) is 60.4 Å². The molecule has 140 valence electrons. The van der Waals surface area contributed by atoms with Gasteiger partial charge in [0.05, 0.1) is 11.5 Å². The first-order valence-corrected chi connectivity index (χ1v) is 12.0. The van der Waals surface area contributed by atoms with Gasteiger partial charge in [-0.3, -0.25) is 0 Å². The van der Waals surface area contributed by atoms with Crippen molar-refractivity contribution in [3.63, 3.8) is 0 Å². The van der Waals surface area contributed by atoms with Crippen LogP contribution in [0.1, 0.15) is 70.1 Å². The molecule has 7 heteroatoms. The third kappa shape index (κ3) is 4.55. The van der Waals surface area contributed by atoms with Crippen LogP contribution >= 0.6 is 27.3 Å². The number of carbonyl (C=O) groups is 1.